The number of carbonyl (C=O) groups excluding carboxylic acids is 2. The third-order valence-electron chi connectivity index (χ3n) is 4.69. The Hall–Kier alpha value is -3.30. The van der Waals surface area contributed by atoms with Gasteiger partial charge in [-0.3, -0.25) is 4.79 Å². The Balaban J connectivity index is 2.02. The molecule has 0 bridgehead atoms. The Morgan fingerprint density at radius 2 is 2.00 bits per heavy atom. The molecular weight excluding hydrogens is 390 g/mol. The highest BCUT2D eigenvalue weighted by Gasteiger charge is 2.29. The van der Waals surface area contributed by atoms with E-state index in [4.69, 9.17) is 16.3 Å². The number of carbonyl (C=O) groups is 2. The van der Waals surface area contributed by atoms with Gasteiger partial charge in [0.1, 0.15) is 5.60 Å². The second-order valence-electron chi connectivity index (χ2n) is 7.86. The standard InChI is InChI=1S/C22H18ClN3O3/c1-22(2,3)29-21(28)26-17-7-4-12(10-24)8-13(17)9-18(26)14-5-6-16(23)15-11-25-20(27)19(14)15/h4-9H,11H2,1-3H3,(H,25,27). The lowest BCUT2D eigenvalue weighted by atomic mass is 10.00. The van der Waals surface area contributed by atoms with Crippen LogP contribution in [0, 0.1) is 11.3 Å². The molecule has 29 heavy (non-hydrogen) atoms. The lowest BCUT2D eigenvalue weighted by Crippen LogP contribution is -2.27. The Morgan fingerprint density at radius 1 is 1.24 bits per heavy atom. The number of benzene rings is 2. The molecule has 0 saturated carbocycles. The van der Waals surface area contributed by atoms with Crippen molar-refractivity contribution in [1.82, 2.24) is 9.88 Å². The van der Waals surface area contributed by atoms with Gasteiger partial charge in [-0.1, -0.05) is 17.7 Å². The molecule has 3 aromatic rings. The van der Waals surface area contributed by atoms with Gasteiger partial charge in [-0.25, -0.2) is 9.36 Å². The number of rotatable bonds is 1. The molecule has 0 aliphatic carbocycles. The Bertz CT molecular complexity index is 1230. The zero-order valence-corrected chi connectivity index (χ0v) is 16.9. The fraction of sp³-hybridized carbons (Fsp3) is 0.227. The normalized spacial score (nSPS) is 13.1. The van der Waals surface area contributed by atoms with Gasteiger partial charge in [-0.15, -0.1) is 0 Å². The van der Waals surface area contributed by atoms with Gasteiger partial charge in [0.2, 0.25) is 0 Å². The maximum Gasteiger partial charge on any atom is 0.419 e. The van der Waals surface area contributed by atoms with E-state index < -0.39 is 11.7 Å². The smallest absolute Gasteiger partial charge is 0.419 e. The molecule has 0 spiro atoms. The first kappa shape index (κ1) is 19.0. The molecular formula is C22H18ClN3O3. The van der Waals surface area contributed by atoms with E-state index in [0.29, 0.717) is 50.4 Å². The lowest BCUT2D eigenvalue weighted by Gasteiger charge is -2.21. The maximum absolute atomic E-state index is 13.1. The molecule has 146 valence electrons. The first-order valence-electron chi connectivity index (χ1n) is 9.08. The SMILES string of the molecule is CC(C)(C)OC(=O)n1c(-c2ccc(Cl)c3c2C(=O)NC3)cc2cc(C#N)ccc21. The van der Waals surface area contributed by atoms with Crippen LogP contribution in [0.3, 0.4) is 0 Å². The van der Waals surface area contributed by atoms with Gasteiger partial charge in [0.25, 0.3) is 5.91 Å². The van der Waals surface area contributed by atoms with E-state index >= 15 is 0 Å². The summed E-state index contributed by atoms with van der Waals surface area (Å²) in [5.41, 5.74) is 2.62. The zero-order chi connectivity index (χ0) is 20.9. The topological polar surface area (TPSA) is 84.1 Å². The van der Waals surface area contributed by atoms with Crippen LogP contribution in [0.4, 0.5) is 4.79 Å². The van der Waals surface area contributed by atoms with Crippen molar-refractivity contribution >= 4 is 34.5 Å². The van der Waals surface area contributed by atoms with E-state index in [-0.39, 0.29) is 5.91 Å². The maximum atomic E-state index is 13.1. The van der Waals surface area contributed by atoms with E-state index in [0.717, 1.165) is 0 Å². The summed E-state index contributed by atoms with van der Waals surface area (Å²) in [6.07, 6.45) is -0.561. The predicted molar refractivity (Wildman–Crippen MR) is 110 cm³/mol. The van der Waals surface area contributed by atoms with Gasteiger partial charge in [0, 0.05) is 28.1 Å². The molecule has 0 saturated heterocycles. The van der Waals surface area contributed by atoms with Crippen LogP contribution < -0.4 is 5.32 Å². The van der Waals surface area contributed by atoms with Crippen molar-refractivity contribution in [2.75, 3.05) is 0 Å². The highest BCUT2D eigenvalue weighted by Crippen LogP contribution is 2.37. The largest absolute Gasteiger partial charge is 0.443 e. The minimum Gasteiger partial charge on any atom is -0.443 e. The van der Waals surface area contributed by atoms with Crippen LogP contribution in [0.1, 0.15) is 42.3 Å². The van der Waals surface area contributed by atoms with Crippen molar-refractivity contribution < 1.29 is 14.3 Å². The van der Waals surface area contributed by atoms with E-state index in [1.807, 2.05) is 0 Å². The number of aromatic nitrogens is 1. The molecule has 0 atom stereocenters. The number of hydrogen-bond acceptors (Lipinski definition) is 4. The second-order valence-corrected chi connectivity index (χ2v) is 8.27. The van der Waals surface area contributed by atoms with Gasteiger partial charge in [-0.05, 0) is 51.1 Å². The Labute approximate surface area is 172 Å². The average molecular weight is 408 g/mol. The van der Waals surface area contributed by atoms with Crippen molar-refractivity contribution in [2.45, 2.75) is 32.9 Å². The van der Waals surface area contributed by atoms with Crippen LogP contribution >= 0.6 is 11.6 Å². The third-order valence-corrected chi connectivity index (χ3v) is 5.05. The molecule has 7 heteroatoms. The fourth-order valence-electron chi connectivity index (χ4n) is 3.51. The number of fused-ring (bicyclic) bond motifs is 2. The predicted octanol–water partition coefficient (Wildman–Crippen LogP) is 4.86. The number of hydrogen-bond donors (Lipinski definition) is 1. The summed E-state index contributed by atoms with van der Waals surface area (Å²) < 4.78 is 7.05. The van der Waals surface area contributed by atoms with Crippen molar-refractivity contribution in [3.63, 3.8) is 0 Å². The van der Waals surface area contributed by atoms with Crippen LogP contribution in [0.2, 0.25) is 5.02 Å². The van der Waals surface area contributed by atoms with Gasteiger partial charge in [0.05, 0.1) is 28.4 Å². The molecule has 1 N–H and O–H groups in total. The van der Waals surface area contributed by atoms with E-state index in [1.54, 1.807) is 57.2 Å². The van der Waals surface area contributed by atoms with Gasteiger partial charge >= 0.3 is 6.09 Å². The summed E-state index contributed by atoms with van der Waals surface area (Å²) in [5.74, 6) is -0.240. The summed E-state index contributed by atoms with van der Waals surface area (Å²) >= 11 is 6.28. The Kier molecular flexibility index (Phi) is 4.36. The van der Waals surface area contributed by atoms with Crippen LogP contribution in [-0.2, 0) is 11.3 Å². The van der Waals surface area contributed by atoms with E-state index in [1.165, 1.54) is 4.57 Å². The number of nitriles is 1. The van der Waals surface area contributed by atoms with Crippen molar-refractivity contribution in [1.29, 1.82) is 5.26 Å². The summed E-state index contributed by atoms with van der Waals surface area (Å²) in [4.78, 5) is 25.6. The fourth-order valence-corrected chi connectivity index (χ4v) is 3.74. The van der Waals surface area contributed by atoms with Crippen LogP contribution in [-0.4, -0.2) is 22.2 Å². The van der Waals surface area contributed by atoms with Gasteiger partial charge in [-0.2, -0.15) is 5.26 Å². The first-order valence-corrected chi connectivity index (χ1v) is 9.46. The highest BCUT2D eigenvalue weighted by molar-refractivity contribution is 6.32. The minimum atomic E-state index is -0.698. The average Bonchev–Trinajstić information content (AvgIpc) is 3.22. The number of amides is 1. The summed E-state index contributed by atoms with van der Waals surface area (Å²) in [6.45, 7) is 5.71. The Morgan fingerprint density at radius 3 is 2.69 bits per heavy atom. The molecule has 0 radical (unpaired) electrons. The highest BCUT2D eigenvalue weighted by atomic mass is 35.5. The summed E-state index contributed by atoms with van der Waals surface area (Å²) in [5, 5.41) is 13.2. The van der Waals surface area contributed by atoms with Crippen LogP contribution in [0.15, 0.2) is 36.4 Å². The lowest BCUT2D eigenvalue weighted by molar-refractivity contribution is 0.0547. The summed E-state index contributed by atoms with van der Waals surface area (Å²) in [7, 11) is 0. The molecule has 0 fully saturated rings. The van der Waals surface area contributed by atoms with Crippen molar-refractivity contribution in [3.8, 4) is 17.3 Å². The van der Waals surface area contributed by atoms with Gasteiger partial charge < -0.3 is 10.1 Å². The second kappa shape index (κ2) is 6.64. The van der Waals surface area contributed by atoms with Crippen LogP contribution in [0.25, 0.3) is 22.2 Å². The van der Waals surface area contributed by atoms with Crippen molar-refractivity contribution in [2.24, 2.45) is 0 Å². The van der Waals surface area contributed by atoms with E-state index in [2.05, 4.69) is 11.4 Å². The molecule has 2 heterocycles. The molecule has 1 aliphatic rings. The molecule has 6 nitrogen and oxygen atoms in total. The number of halogens is 1. The monoisotopic (exact) mass is 407 g/mol. The van der Waals surface area contributed by atoms with Crippen LogP contribution in [0.5, 0.6) is 0 Å². The number of nitrogens with zero attached hydrogens (tertiary/aromatic N) is 2. The quantitative estimate of drug-likeness (QED) is 0.624. The molecule has 0 unspecified atom stereocenters. The molecule has 1 amide bonds. The summed E-state index contributed by atoms with van der Waals surface area (Å²) in [6, 6.07) is 12.4. The minimum absolute atomic E-state index is 0.240. The molecule has 1 aliphatic heterocycles. The molecule has 4 rings (SSSR count). The van der Waals surface area contributed by atoms with Crippen molar-refractivity contribution in [3.05, 3.63) is 58.1 Å². The number of nitrogens with one attached hydrogen (secondary N) is 1. The number of ether oxygens (including phenoxy) is 1. The zero-order valence-electron chi connectivity index (χ0n) is 16.2. The molecule has 1 aromatic heterocycles. The van der Waals surface area contributed by atoms with E-state index in [9.17, 15) is 14.9 Å². The van der Waals surface area contributed by atoms with Gasteiger partial charge in [0.15, 0.2) is 0 Å². The third kappa shape index (κ3) is 3.24. The first-order chi connectivity index (χ1) is 13.7. The molecule has 2 aromatic carbocycles.